The van der Waals surface area contributed by atoms with Crippen molar-refractivity contribution in [3.8, 4) is 5.69 Å². The summed E-state index contributed by atoms with van der Waals surface area (Å²) in [5.41, 5.74) is 3.82. The van der Waals surface area contributed by atoms with E-state index in [9.17, 15) is 18.7 Å². The lowest BCUT2D eigenvalue weighted by atomic mass is 9.91. The van der Waals surface area contributed by atoms with E-state index < -0.39 is 12.1 Å². The number of benzene rings is 1. The van der Waals surface area contributed by atoms with Gasteiger partial charge in [-0.3, -0.25) is 5.10 Å². The standard InChI is InChI=1S/C22H20F2N4O3/c23-14-1-3-15(4-2-14)28-18-9-13-11-25-27-21(13)26-19(18)16(10-17(24)22(29)30)20(28)12-5-7-31-8-6-12/h1-4,9,11-12,17H,5-8,10H2,(H,29,30)(H,25,26,27)/t17-/m1/s1. The highest BCUT2D eigenvalue weighted by atomic mass is 19.1. The lowest BCUT2D eigenvalue weighted by Gasteiger charge is -2.25. The first-order chi connectivity index (χ1) is 15.0. The number of hydrogen-bond acceptors (Lipinski definition) is 4. The fourth-order valence-corrected chi connectivity index (χ4v) is 4.38. The zero-order valence-electron chi connectivity index (χ0n) is 16.5. The monoisotopic (exact) mass is 426 g/mol. The molecule has 5 rings (SSSR count). The number of halogens is 2. The van der Waals surface area contributed by atoms with Crippen molar-refractivity contribution in [2.45, 2.75) is 31.4 Å². The van der Waals surface area contributed by atoms with Gasteiger partial charge in [0, 0.05) is 47.9 Å². The number of carbonyl (C=O) groups is 1. The molecule has 1 saturated heterocycles. The Morgan fingerprint density at radius 3 is 2.74 bits per heavy atom. The number of carboxylic acid groups (broad SMARTS) is 1. The summed E-state index contributed by atoms with van der Waals surface area (Å²) in [5.74, 6) is -1.85. The van der Waals surface area contributed by atoms with E-state index >= 15 is 0 Å². The minimum absolute atomic E-state index is 0.0282. The second-order valence-corrected chi connectivity index (χ2v) is 7.74. The summed E-state index contributed by atoms with van der Waals surface area (Å²) in [6.07, 6.45) is 0.707. The highest BCUT2D eigenvalue weighted by molar-refractivity contribution is 5.93. The van der Waals surface area contributed by atoms with Gasteiger partial charge in [-0.25, -0.2) is 18.6 Å². The van der Waals surface area contributed by atoms with E-state index in [4.69, 9.17) is 4.74 Å². The van der Waals surface area contributed by atoms with E-state index in [1.54, 1.807) is 18.3 Å². The fourth-order valence-electron chi connectivity index (χ4n) is 4.38. The summed E-state index contributed by atoms with van der Waals surface area (Å²) in [6.45, 7) is 1.12. The Bertz CT molecular complexity index is 1260. The third kappa shape index (κ3) is 3.44. The molecular formula is C22H20F2N4O3. The number of ether oxygens (including phenoxy) is 1. The summed E-state index contributed by atoms with van der Waals surface area (Å²) >= 11 is 0. The molecule has 1 atom stereocenters. The summed E-state index contributed by atoms with van der Waals surface area (Å²) in [6, 6.07) is 7.95. The Labute approximate surface area is 175 Å². The molecule has 0 unspecified atom stereocenters. The fraction of sp³-hybridized carbons (Fsp3) is 0.318. The molecule has 0 amide bonds. The largest absolute Gasteiger partial charge is 0.479 e. The Balaban J connectivity index is 1.83. The van der Waals surface area contributed by atoms with Crippen LogP contribution in [0.5, 0.6) is 0 Å². The summed E-state index contributed by atoms with van der Waals surface area (Å²) in [5, 5.41) is 16.8. The van der Waals surface area contributed by atoms with Gasteiger partial charge in [-0.1, -0.05) is 0 Å². The quantitative estimate of drug-likeness (QED) is 0.505. The van der Waals surface area contributed by atoms with Crippen LogP contribution in [0.3, 0.4) is 0 Å². The van der Waals surface area contributed by atoms with Gasteiger partial charge < -0.3 is 14.4 Å². The van der Waals surface area contributed by atoms with Crippen molar-refractivity contribution in [3.05, 3.63) is 53.6 Å². The topological polar surface area (TPSA) is 93.0 Å². The molecule has 7 nitrogen and oxygen atoms in total. The van der Waals surface area contributed by atoms with Crippen molar-refractivity contribution in [3.63, 3.8) is 0 Å². The molecule has 3 aromatic heterocycles. The Kier molecular flexibility index (Phi) is 4.90. The van der Waals surface area contributed by atoms with Gasteiger partial charge in [-0.2, -0.15) is 5.10 Å². The van der Waals surface area contributed by atoms with Crippen molar-refractivity contribution in [1.82, 2.24) is 19.7 Å². The van der Waals surface area contributed by atoms with Gasteiger partial charge >= 0.3 is 5.97 Å². The van der Waals surface area contributed by atoms with Crippen LogP contribution in [0, 0.1) is 5.82 Å². The summed E-state index contributed by atoms with van der Waals surface area (Å²) in [4.78, 5) is 16.0. The SMILES string of the molecule is O=C(O)[C@H](F)Cc1c(C2CCOCC2)n(-c2ccc(F)cc2)c2cc3cn[nH]c3nc12. The minimum Gasteiger partial charge on any atom is -0.479 e. The first kappa shape index (κ1) is 19.6. The maximum Gasteiger partial charge on any atom is 0.338 e. The van der Waals surface area contributed by atoms with E-state index in [1.165, 1.54) is 12.1 Å². The third-order valence-electron chi connectivity index (χ3n) is 5.83. The first-order valence-corrected chi connectivity index (χ1v) is 10.1. The normalized spacial score (nSPS) is 16.2. The summed E-state index contributed by atoms with van der Waals surface area (Å²) < 4.78 is 35.6. The lowest BCUT2D eigenvalue weighted by molar-refractivity contribution is -0.142. The molecule has 160 valence electrons. The average Bonchev–Trinajstić information content (AvgIpc) is 3.35. The molecule has 0 saturated carbocycles. The van der Waals surface area contributed by atoms with Crippen LogP contribution in [0.4, 0.5) is 8.78 Å². The number of aliphatic carboxylic acids is 1. The van der Waals surface area contributed by atoms with Crippen LogP contribution in [-0.4, -0.2) is 50.2 Å². The van der Waals surface area contributed by atoms with E-state index in [2.05, 4.69) is 15.2 Å². The molecule has 2 N–H and O–H groups in total. The zero-order valence-corrected chi connectivity index (χ0v) is 16.5. The molecule has 1 aromatic carbocycles. The van der Waals surface area contributed by atoms with Crippen LogP contribution in [0.15, 0.2) is 36.5 Å². The number of rotatable bonds is 5. The maximum atomic E-state index is 14.5. The van der Waals surface area contributed by atoms with Gasteiger partial charge in [-0.15, -0.1) is 0 Å². The van der Waals surface area contributed by atoms with E-state index in [1.807, 2.05) is 10.6 Å². The van der Waals surface area contributed by atoms with Crippen molar-refractivity contribution in [2.24, 2.45) is 0 Å². The molecule has 1 fully saturated rings. The molecule has 0 aliphatic carbocycles. The van der Waals surface area contributed by atoms with Crippen molar-refractivity contribution < 1.29 is 23.4 Å². The molecule has 1 aliphatic heterocycles. The van der Waals surface area contributed by atoms with Gasteiger partial charge in [0.2, 0.25) is 6.17 Å². The van der Waals surface area contributed by atoms with E-state index in [-0.39, 0.29) is 18.2 Å². The van der Waals surface area contributed by atoms with Gasteiger partial charge in [0.15, 0.2) is 5.65 Å². The maximum absolute atomic E-state index is 14.5. The van der Waals surface area contributed by atoms with Gasteiger partial charge in [-0.05, 0) is 43.2 Å². The average molecular weight is 426 g/mol. The zero-order chi connectivity index (χ0) is 21.5. The Hall–Kier alpha value is -3.33. The number of H-pyrrole nitrogens is 1. The molecular weight excluding hydrogens is 406 g/mol. The second-order valence-electron chi connectivity index (χ2n) is 7.74. The molecule has 4 heterocycles. The number of carboxylic acids is 1. The Morgan fingerprint density at radius 2 is 2.03 bits per heavy atom. The van der Waals surface area contributed by atoms with Crippen LogP contribution in [0.25, 0.3) is 27.8 Å². The third-order valence-corrected chi connectivity index (χ3v) is 5.83. The van der Waals surface area contributed by atoms with E-state index in [0.717, 1.165) is 11.1 Å². The summed E-state index contributed by atoms with van der Waals surface area (Å²) in [7, 11) is 0. The van der Waals surface area contributed by atoms with Crippen molar-refractivity contribution >= 4 is 28.0 Å². The van der Waals surface area contributed by atoms with Gasteiger partial charge in [0.25, 0.3) is 0 Å². The molecule has 31 heavy (non-hydrogen) atoms. The number of nitrogens with zero attached hydrogens (tertiary/aromatic N) is 3. The molecule has 0 bridgehead atoms. The number of pyridine rings is 1. The Morgan fingerprint density at radius 1 is 1.29 bits per heavy atom. The lowest BCUT2D eigenvalue weighted by Crippen LogP contribution is -2.21. The van der Waals surface area contributed by atoms with Crippen molar-refractivity contribution in [2.75, 3.05) is 13.2 Å². The number of alkyl halides is 1. The van der Waals surface area contributed by atoms with Crippen LogP contribution < -0.4 is 0 Å². The molecule has 1 aliphatic rings. The smallest absolute Gasteiger partial charge is 0.338 e. The highest BCUT2D eigenvalue weighted by Crippen LogP contribution is 2.39. The number of aromatic nitrogens is 4. The second kappa shape index (κ2) is 7.73. The minimum atomic E-state index is -2.06. The van der Waals surface area contributed by atoms with Crippen LogP contribution in [-0.2, 0) is 16.0 Å². The van der Waals surface area contributed by atoms with Gasteiger partial charge in [0.1, 0.15) is 5.82 Å². The molecule has 4 aromatic rings. The molecule has 0 spiro atoms. The van der Waals surface area contributed by atoms with Gasteiger partial charge in [0.05, 0.1) is 17.2 Å². The van der Waals surface area contributed by atoms with Crippen LogP contribution in [0.1, 0.15) is 30.0 Å². The predicted octanol–water partition coefficient (Wildman–Crippen LogP) is 3.90. The van der Waals surface area contributed by atoms with Crippen LogP contribution >= 0.6 is 0 Å². The van der Waals surface area contributed by atoms with E-state index in [0.29, 0.717) is 54.0 Å². The van der Waals surface area contributed by atoms with Crippen LogP contribution in [0.2, 0.25) is 0 Å². The molecule has 0 radical (unpaired) electrons. The predicted molar refractivity (Wildman–Crippen MR) is 110 cm³/mol. The molecule has 9 heteroatoms. The first-order valence-electron chi connectivity index (χ1n) is 10.1. The number of nitrogens with one attached hydrogen (secondary N) is 1. The highest BCUT2D eigenvalue weighted by Gasteiger charge is 2.31. The number of fused-ring (bicyclic) bond motifs is 2. The number of hydrogen-bond donors (Lipinski definition) is 2. The van der Waals surface area contributed by atoms with Crippen molar-refractivity contribution in [1.29, 1.82) is 0 Å². The number of aromatic amines is 1.